The van der Waals surface area contributed by atoms with Gasteiger partial charge in [-0.15, -0.1) is 0 Å². The van der Waals surface area contributed by atoms with E-state index in [1.54, 1.807) is 32.9 Å². The molecule has 0 unspecified atom stereocenters. The molecule has 1 amide bonds. The first kappa shape index (κ1) is 20.9. The highest BCUT2D eigenvalue weighted by atomic mass is 32.2. The highest BCUT2D eigenvalue weighted by Crippen LogP contribution is 2.18. The van der Waals surface area contributed by atoms with Crippen LogP contribution in [0.15, 0.2) is 59.5 Å². The molecule has 2 rings (SSSR count). The molecule has 2 aromatic carbocycles. The van der Waals surface area contributed by atoms with Crippen molar-refractivity contribution in [3.05, 3.63) is 54.6 Å². The summed E-state index contributed by atoms with van der Waals surface area (Å²) in [5.74, 6) is -0.209. The maximum absolute atomic E-state index is 12.5. The van der Waals surface area contributed by atoms with E-state index in [0.29, 0.717) is 12.2 Å². The fourth-order valence-electron chi connectivity index (χ4n) is 2.60. The van der Waals surface area contributed by atoms with Crippen molar-refractivity contribution in [1.82, 2.24) is 4.72 Å². The molecule has 7 heteroatoms. The van der Waals surface area contributed by atoms with Gasteiger partial charge in [0.15, 0.2) is 0 Å². The number of nitrogens with one attached hydrogen (secondary N) is 2. The number of carbonyl (C=O) groups excluding carboxylic acids is 1. The van der Waals surface area contributed by atoms with Gasteiger partial charge in [-0.25, -0.2) is 13.1 Å². The summed E-state index contributed by atoms with van der Waals surface area (Å²) in [6, 6.07) is 15.9. The number of likely N-dealkylation sites (N-methyl/N-ethyl adjacent to an activating group) is 1. The van der Waals surface area contributed by atoms with Crippen molar-refractivity contribution >= 4 is 27.3 Å². The topological polar surface area (TPSA) is 78.5 Å². The first-order chi connectivity index (χ1) is 12.6. The van der Waals surface area contributed by atoms with Crippen LogP contribution in [0.1, 0.15) is 27.7 Å². The van der Waals surface area contributed by atoms with Crippen molar-refractivity contribution in [2.45, 2.75) is 38.1 Å². The van der Waals surface area contributed by atoms with Gasteiger partial charge in [0.1, 0.15) is 0 Å². The molecular weight excluding hydrogens is 362 g/mol. The minimum absolute atomic E-state index is 0.116. The molecule has 0 saturated carbocycles. The Bertz CT molecular complexity index is 875. The number of para-hydroxylation sites is 1. The van der Waals surface area contributed by atoms with Gasteiger partial charge in [-0.1, -0.05) is 24.3 Å². The van der Waals surface area contributed by atoms with Crippen LogP contribution in [0.3, 0.4) is 0 Å². The van der Waals surface area contributed by atoms with Crippen molar-refractivity contribution in [3.8, 4) is 0 Å². The molecule has 0 aliphatic heterocycles. The second-order valence-corrected chi connectivity index (χ2v) is 8.96. The number of nitrogens with zero attached hydrogens (tertiary/aromatic N) is 1. The average Bonchev–Trinajstić information content (AvgIpc) is 2.58. The van der Waals surface area contributed by atoms with E-state index in [-0.39, 0.29) is 17.3 Å². The SMILES string of the molecule is CCN(CC(=O)Nc1cccc(S(=O)(=O)NC(C)(C)C)c1)c1ccccc1. The molecular formula is C20H27N3O3S. The largest absolute Gasteiger partial charge is 0.362 e. The molecule has 0 aliphatic rings. The van der Waals surface area contributed by atoms with Crippen LogP contribution >= 0.6 is 0 Å². The molecule has 0 aliphatic carbocycles. The van der Waals surface area contributed by atoms with Crippen LogP contribution in [0, 0.1) is 0 Å². The van der Waals surface area contributed by atoms with E-state index in [0.717, 1.165) is 5.69 Å². The zero-order valence-electron chi connectivity index (χ0n) is 16.2. The average molecular weight is 390 g/mol. The van der Waals surface area contributed by atoms with Gasteiger partial charge in [-0.3, -0.25) is 4.79 Å². The number of sulfonamides is 1. The molecule has 0 fully saturated rings. The van der Waals surface area contributed by atoms with E-state index >= 15 is 0 Å². The summed E-state index contributed by atoms with van der Waals surface area (Å²) in [5, 5.41) is 2.78. The molecule has 2 N–H and O–H groups in total. The first-order valence-electron chi connectivity index (χ1n) is 8.84. The highest BCUT2D eigenvalue weighted by Gasteiger charge is 2.22. The summed E-state index contributed by atoms with van der Waals surface area (Å²) < 4.78 is 27.5. The maximum atomic E-state index is 12.5. The van der Waals surface area contributed by atoms with Crippen molar-refractivity contribution in [2.24, 2.45) is 0 Å². The summed E-state index contributed by atoms with van der Waals surface area (Å²) in [6.45, 7) is 8.17. The minimum atomic E-state index is -3.66. The van der Waals surface area contributed by atoms with Gasteiger partial charge in [0.25, 0.3) is 0 Å². The first-order valence-corrected chi connectivity index (χ1v) is 10.3. The highest BCUT2D eigenvalue weighted by molar-refractivity contribution is 7.89. The molecule has 0 aromatic heterocycles. The molecule has 146 valence electrons. The summed E-state index contributed by atoms with van der Waals surface area (Å²) in [6.07, 6.45) is 0. The van der Waals surface area contributed by atoms with Crippen LogP contribution in [0.4, 0.5) is 11.4 Å². The molecule has 0 bridgehead atoms. The molecule has 0 heterocycles. The number of carbonyl (C=O) groups is 1. The summed E-state index contributed by atoms with van der Waals surface area (Å²) in [5.41, 5.74) is 0.817. The lowest BCUT2D eigenvalue weighted by Crippen LogP contribution is -2.40. The predicted molar refractivity (Wildman–Crippen MR) is 109 cm³/mol. The number of hydrogen-bond acceptors (Lipinski definition) is 4. The van der Waals surface area contributed by atoms with Gasteiger partial charge < -0.3 is 10.2 Å². The third-order valence-electron chi connectivity index (χ3n) is 3.71. The minimum Gasteiger partial charge on any atom is -0.362 e. The van der Waals surface area contributed by atoms with Gasteiger partial charge in [-0.2, -0.15) is 0 Å². The molecule has 6 nitrogen and oxygen atoms in total. The Hall–Kier alpha value is -2.38. The quantitative estimate of drug-likeness (QED) is 0.762. The van der Waals surface area contributed by atoms with E-state index in [1.807, 2.05) is 42.2 Å². The van der Waals surface area contributed by atoms with Crippen LogP contribution in [0.25, 0.3) is 0 Å². The summed E-state index contributed by atoms with van der Waals surface area (Å²) in [7, 11) is -3.66. The summed E-state index contributed by atoms with van der Waals surface area (Å²) in [4.78, 5) is 14.5. The zero-order valence-corrected chi connectivity index (χ0v) is 17.0. The number of anilines is 2. The van der Waals surface area contributed by atoms with Crippen molar-refractivity contribution in [2.75, 3.05) is 23.3 Å². The standard InChI is InChI=1S/C20H27N3O3S/c1-5-23(17-11-7-6-8-12-17)15-19(24)21-16-10-9-13-18(14-16)27(25,26)22-20(2,3)4/h6-14,22H,5,15H2,1-4H3,(H,21,24). The molecule has 0 radical (unpaired) electrons. The van der Waals surface area contributed by atoms with Crippen LogP contribution in [-0.2, 0) is 14.8 Å². The second kappa shape index (κ2) is 8.54. The molecule has 2 aromatic rings. The van der Waals surface area contributed by atoms with E-state index in [4.69, 9.17) is 0 Å². The number of hydrogen-bond donors (Lipinski definition) is 2. The Morgan fingerprint density at radius 2 is 1.70 bits per heavy atom. The van der Waals surface area contributed by atoms with Gasteiger partial charge in [-0.05, 0) is 58.0 Å². The Labute approximate surface area is 161 Å². The Kier molecular flexibility index (Phi) is 6.62. The number of benzene rings is 2. The van der Waals surface area contributed by atoms with E-state index < -0.39 is 15.6 Å². The monoisotopic (exact) mass is 389 g/mol. The number of rotatable bonds is 7. The number of amides is 1. The molecule has 0 saturated heterocycles. The van der Waals surface area contributed by atoms with Crippen LogP contribution in [0.2, 0.25) is 0 Å². The fraction of sp³-hybridized carbons (Fsp3) is 0.350. The molecule has 0 atom stereocenters. The van der Waals surface area contributed by atoms with Crippen LogP contribution in [0.5, 0.6) is 0 Å². The third kappa shape index (κ3) is 6.37. The lowest BCUT2D eigenvalue weighted by molar-refractivity contribution is -0.115. The predicted octanol–water partition coefficient (Wildman–Crippen LogP) is 3.23. The van der Waals surface area contributed by atoms with Gasteiger partial charge >= 0.3 is 0 Å². The van der Waals surface area contributed by atoms with E-state index in [9.17, 15) is 13.2 Å². The van der Waals surface area contributed by atoms with Crippen molar-refractivity contribution in [1.29, 1.82) is 0 Å². The maximum Gasteiger partial charge on any atom is 0.243 e. The Morgan fingerprint density at radius 3 is 2.30 bits per heavy atom. The van der Waals surface area contributed by atoms with Gasteiger partial charge in [0.2, 0.25) is 15.9 Å². The fourth-order valence-corrected chi connectivity index (χ4v) is 4.07. The van der Waals surface area contributed by atoms with Crippen molar-refractivity contribution in [3.63, 3.8) is 0 Å². The normalized spacial score (nSPS) is 11.9. The van der Waals surface area contributed by atoms with Crippen molar-refractivity contribution < 1.29 is 13.2 Å². The van der Waals surface area contributed by atoms with Gasteiger partial charge in [0.05, 0.1) is 11.4 Å². The Morgan fingerprint density at radius 1 is 1.04 bits per heavy atom. The lowest BCUT2D eigenvalue weighted by atomic mass is 10.1. The second-order valence-electron chi connectivity index (χ2n) is 7.28. The van der Waals surface area contributed by atoms with E-state index in [2.05, 4.69) is 10.0 Å². The molecule has 27 heavy (non-hydrogen) atoms. The van der Waals surface area contributed by atoms with Crippen LogP contribution in [-0.4, -0.2) is 33.0 Å². The molecule has 0 spiro atoms. The zero-order chi connectivity index (χ0) is 20.1. The van der Waals surface area contributed by atoms with Gasteiger partial charge in [0, 0.05) is 23.5 Å². The van der Waals surface area contributed by atoms with Crippen LogP contribution < -0.4 is 14.9 Å². The van der Waals surface area contributed by atoms with E-state index in [1.165, 1.54) is 12.1 Å². The Balaban J connectivity index is 2.10. The third-order valence-corrected chi connectivity index (χ3v) is 5.46. The summed E-state index contributed by atoms with van der Waals surface area (Å²) >= 11 is 0. The lowest BCUT2D eigenvalue weighted by Gasteiger charge is -2.22. The smallest absolute Gasteiger partial charge is 0.243 e.